The fourth-order valence-corrected chi connectivity index (χ4v) is 3.20. The molecule has 2 aromatic carbocycles. The molecule has 0 radical (unpaired) electrons. The normalized spacial score (nSPS) is 10.8. The Bertz CT molecular complexity index is 878. The van der Waals surface area contributed by atoms with E-state index < -0.39 is 5.97 Å². The fourth-order valence-electron chi connectivity index (χ4n) is 2.54. The zero-order valence-corrected chi connectivity index (χ0v) is 15.0. The Morgan fingerprint density at radius 3 is 2.46 bits per heavy atom. The van der Waals surface area contributed by atoms with Gasteiger partial charge < -0.3 is 9.67 Å². The SMILES string of the molecule is O=C(O)Cc1c(Cl)nc(-c2ccccc2)n1Cc1ccccc1Br. The van der Waals surface area contributed by atoms with Gasteiger partial charge in [-0.15, -0.1) is 0 Å². The summed E-state index contributed by atoms with van der Waals surface area (Å²) < 4.78 is 2.82. The van der Waals surface area contributed by atoms with Crippen molar-refractivity contribution < 1.29 is 9.90 Å². The van der Waals surface area contributed by atoms with Crippen molar-refractivity contribution in [3.63, 3.8) is 0 Å². The van der Waals surface area contributed by atoms with Gasteiger partial charge in [0.1, 0.15) is 5.82 Å². The fraction of sp³-hybridized carbons (Fsp3) is 0.111. The number of carboxylic acid groups (broad SMARTS) is 1. The van der Waals surface area contributed by atoms with Gasteiger partial charge in [0.15, 0.2) is 5.15 Å². The van der Waals surface area contributed by atoms with E-state index in [0.29, 0.717) is 18.1 Å². The number of carboxylic acids is 1. The number of aromatic nitrogens is 2. The molecule has 0 atom stereocenters. The Morgan fingerprint density at radius 2 is 1.79 bits per heavy atom. The molecule has 0 spiro atoms. The molecule has 3 rings (SSSR count). The van der Waals surface area contributed by atoms with Gasteiger partial charge in [0.25, 0.3) is 0 Å². The average Bonchev–Trinajstić information content (AvgIpc) is 2.86. The third-order valence-electron chi connectivity index (χ3n) is 3.66. The number of hydrogen-bond donors (Lipinski definition) is 1. The lowest BCUT2D eigenvalue weighted by Gasteiger charge is -2.13. The van der Waals surface area contributed by atoms with Crippen LogP contribution in [0.25, 0.3) is 11.4 Å². The summed E-state index contributed by atoms with van der Waals surface area (Å²) in [6.07, 6.45) is -0.177. The Labute approximate surface area is 152 Å². The molecule has 1 heterocycles. The van der Waals surface area contributed by atoms with Crippen LogP contribution in [0, 0.1) is 0 Å². The molecule has 24 heavy (non-hydrogen) atoms. The quantitative estimate of drug-likeness (QED) is 0.673. The summed E-state index contributed by atoms with van der Waals surface area (Å²) >= 11 is 9.78. The van der Waals surface area contributed by atoms with Crippen LogP contribution >= 0.6 is 27.5 Å². The van der Waals surface area contributed by atoms with Gasteiger partial charge in [0.2, 0.25) is 0 Å². The largest absolute Gasteiger partial charge is 0.481 e. The Balaban J connectivity index is 2.13. The number of benzene rings is 2. The van der Waals surface area contributed by atoms with E-state index in [1.807, 2.05) is 59.2 Å². The molecule has 0 saturated heterocycles. The van der Waals surface area contributed by atoms with Crippen LogP contribution in [-0.4, -0.2) is 20.6 Å². The van der Waals surface area contributed by atoms with E-state index in [1.54, 1.807) is 0 Å². The second-order valence-electron chi connectivity index (χ2n) is 5.29. The number of rotatable bonds is 5. The molecule has 0 aliphatic heterocycles. The molecule has 1 aromatic heterocycles. The molecule has 0 fully saturated rings. The lowest BCUT2D eigenvalue weighted by molar-refractivity contribution is -0.136. The molecule has 0 saturated carbocycles. The van der Waals surface area contributed by atoms with Gasteiger partial charge in [0, 0.05) is 10.0 Å². The Kier molecular flexibility index (Phi) is 5.02. The van der Waals surface area contributed by atoms with Crippen molar-refractivity contribution in [3.05, 3.63) is 75.5 Å². The van der Waals surface area contributed by atoms with Gasteiger partial charge in [-0.1, -0.05) is 76.1 Å². The summed E-state index contributed by atoms with van der Waals surface area (Å²) in [6, 6.07) is 17.4. The van der Waals surface area contributed by atoms with Crippen molar-refractivity contribution in [2.75, 3.05) is 0 Å². The minimum Gasteiger partial charge on any atom is -0.481 e. The molecular weight excluding hydrogens is 392 g/mol. The first-order valence-corrected chi connectivity index (χ1v) is 8.49. The second-order valence-corrected chi connectivity index (χ2v) is 6.50. The predicted molar refractivity (Wildman–Crippen MR) is 97.3 cm³/mol. The van der Waals surface area contributed by atoms with Crippen molar-refractivity contribution in [2.45, 2.75) is 13.0 Å². The van der Waals surface area contributed by atoms with Crippen LogP contribution in [0.15, 0.2) is 59.1 Å². The van der Waals surface area contributed by atoms with Crippen LogP contribution in [0.1, 0.15) is 11.3 Å². The number of hydrogen-bond acceptors (Lipinski definition) is 2. The van der Waals surface area contributed by atoms with Gasteiger partial charge in [-0.05, 0) is 11.6 Å². The van der Waals surface area contributed by atoms with Crippen molar-refractivity contribution in [3.8, 4) is 11.4 Å². The van der Waals surface area contributed by atoms with Crippen molar-refractivity contribution in [1.82, 2.24) is 9.55 Å². The number of carbonyl (C=O) groups is 1. The van der Waals surface area contributed by atoms with Gasteiger partial charge in [-0.2, -0.15) is 0 Å². The minimum absolute atomic E-state index is 0.177. The second kappa shape index (κ2) is 7.20. The Hall–Kier alpha value is -2.11. The number of halogens is 2. The predicted octanol–water partition coefficient (Wildman–Crippen LogP) is 4.64. The topological polar surface area (TPSA) is 55.1 Å². The lowest BCUT2D eigenvalue weighted by Crippen LogP contribution is -2.11. The van der Waals surface area contributed by atoms with E-state index in [4.69, 9.17) is 11.6 Å². The Morgan fingerprint density at radius 1 is 1.12 bits per heavy atom. The van der Waals surface area contributed by atoms with Gasteiger partial charge >= 0.3 is 5.97 Å². The van der Waals surface area contributed by atoms with Crippen LogP contribution in [0.3, 0.4) is 0 Å². The molecule has 3 aromatic rings. The molecular formula is C18H14BrClN2O2. The van der Waals surface area contributed by atoms with Crippen molar-refractivity contribution >= 4 is 33.5 Å². The summed E-state index contributed by atoms with van der Waals surface area (Å²) in [5.41, 5.74) is 2.41. The highest BCUT2D eigenvalue weighted by Gasteiger charge is 2.20. The molecule has 0 aliphatic rings. The highest BCUT2D eigenvalue weighted by atomic mass is 79.9. The van der Waals surface area contributed by atoms with E-state index in [1.165, 1.54) is 0 Å². The molecule has 0 unspecified atom stereocenters. The molecule has 0 amide bonds. The van der Waals surface area contributed by atoms with E-state index in [9.17, 15) is 9.90 Å². The zero-order valence-electron chi connectivity index (χ0n) is 12.6. The maximum atomic E-state index is 11.2. The van der Waals surface area contributed by atoms with Crippen LogP contribution in [0.5, 0.6) is 0 Å². The summed E-state index contributed by atoms with van der Waals surface area (Å²) in [7, 11) is 0. The maximum Gasteiger partial charge on any atom is 0.309 e. The maximum absolute atomic E-state index is 11.2. The number of nitrogens with zero attached hydrogens (tertiary/aromatic N) is 2. The molecule has 0 aliphatic carbocycles. The van der Waals surface area contributed by atoms with Crippen LogP contribution in [-0.2, 0) is 17.8 Å². The van der Waals surface area contributed by atoms with E-state index >= 15 is 0 Å². The van der Waals surface area contributed by atoms with Crippen molar-refractivity contribution in [1.29, 1.82) is 0 Å². The van der Waals surface area contributed by atoms with Gasteiger partial charge in [-0.3, -0.25) is 4.79 Å². The third kappa shape index (κ3) is 3.52. The van der Waals surface area contributed by atoms with Gasteiger partial charge in [0.05, 0.1) is 18.7 Å². The van der Waals surface area contributed by atoms with E-state index in [0.717, 1.165) is 15.6 Å². The summed E-state index contributed by atoms with van der Waals surface area (Å²) in [6.45, 7) is 0.480. The standard InChI is InChI=1S/C18H14BrClN2O2/c19-14-9-5-4-8-13(14)11-22-15(10-16(23)24)17(20)21-18(22)12-6-2-1-3-7-12/h1-9H,10-11H2,(H,23,24). The van der Waals surface area contributed by atoms with Crippen LogP contribution in [0.2, 0.25) is 5.15 Å². The first-order valence-electron chi connectivity index (χ1n) is 7.32. The summed E-state index contributed by atoms with van der Waals surface area (Å²) in [4.78, 5) is 15.6. The third-order valence-corrected chi connectivity index (χ3v) is 4.74. The van der Waals surface area contributed by atoms with Crippen LogP contribution < -0.4 is 0 Å². The molecule has 4 nitrogen and oxygen atoms in total. The molecule has 1 N–H and O–H groups in total. The van der Waals surface area contributed by atoms with Crippen molar-refractivity contribution in [2.24, 2.45) is 0 Å². The molecule has 122 valence electrons. The highest BCUT2D eigenvalue weighted by Crippen LogP contribution is 2.28. The monoisotopic (exact) mass is 404 g/mol. The molecule has 0 bridgehead atoms. The summed E-state index contributed by atoms with van der Waals surface area (Å²) in [5.74, 6) is -0.280. The molecule has 6 heteroatoms. The zero-order chi connectivity index (χ0) is 17.1. The first-order chi connectivity index (χ1) is 11.6. The number of imidazole rings is 1. The van der Waals surface area contributed by atoms with Gasteiger partial charge in [-0.25, -0.2) is 4.98 Å². The van der Waals surface area contributed by atoms with E-state index in [2.05, 4.69) is 20.9 Å². The number of aliphatic carboxylic acids is 1. The highest BCUT2D eigenvalue weighted by molar-refractivity contribution is 9.10. The van der Waals surface area contributed by atoms with E-state index in [-0.39, 0.29) is 11.6 Å². The summed E-state index contributed by atoms with van der Waals surface area (Å²) in [5, 5.41) is 9.43. The lowest BCUT2D eigenvalue weighted by atomic mass is 10.2. The first kappa shape index (κ1) is 16.7. The minimum atomic E-state index is -0.940. The van der Waals surface area contributed by atoms with Crippen LogP contribution in [0.4, 0.5) is 0 Å². The average molecular weight is 406 g/mol. The smallest absolute Gasteiger partial charge is 0.309 e.